The molecule has 3 aromatic rings. The van der Waals surface area contributed by atoms with Crippen molar-refractivity contribution >= 4 is 28.6 Å². The van der Waals surface area contributed by atoms with Crippen LogP contribution in [0.15, 0.2) is 54.9 Å². The number of phenolic OH excluding ortho intramolecular Hbond substituents is 1. The molecule has 0 saturated carbocycles. The molecule has 1 fully saturated rings. The van der Waals surface area contributed by atoms with E-state index < -0.39 is 5.97 Å². The van der Waals surface area contributed by atoms with Gasteiger partial charge in [0.1, 0.15) is 11.3 Å². The third kappa shape index (κ3) is 3.96. The molecule has 1 saturated heterocycles. The molecule has 2 aromatic carbocycles. The van der Waals surface area contributed by atoms with Crippen molar-refractivity contribution in [3.8, 4) is 5.75 Å². The average molecular weight is 392 g/mol. The molecule has 1 aliphatic heterocycles. The monoisotopic (exact) mass is 392 g/mol. The molecule has 1 aromatic heterocycles. The van der Waals surface area contributed by atoms with Crippen LogP contribution in [0.4, 0.5) is 5.95 Å². The predicted octanol–water partition coefficient (Wildman–Crippen LogP) is 1.84. The zero-order valence-electron chi connectivity index (χ0n) is 15.7. The van der Waals surface area contributed by atoms with E-state index in [0.717, 1.165) is 5.39 Å². The number of aromatic hydroxyl groups is 1. The van der Waals surface area contributed by atoms with Crippen molar-refractivity contribution < 1.29 is 19.4 Å². The van der Waals surface area contributed by atoms with Crippen LogP contribution in [0.25, 0.3) is 10.8 Å². The summed E-state index contributed by atoms with van der Waals surface area (Å²) in [5, 5.41) is 11.7. The van der Waals surface area contributed by atoms with E-state index in [4.69, 9.17) is 4.74 Å². The lowest BCUT2D eigenvalue weighted by atomic mass is 10.1. The summed E-state index contributed by atoms with van der Waals surface area (Å²) < 4.78 is 5.16. The van der Waals surface area contributed by atoms with E-state index in [1.165, 1.54) is 6.07 Å². The third-order valence-electron chi connectivity index (χ3n) is 4.91. The smallest absolute Gasteiger partial charge is 0.342 e. The number of esters is 1. The molecule has 4 rings (SSSR count). The predicted molar refractivity (Wildman–Crippen MR) is 107 cm³/mol. The van der Waals surface area contributed by atoms with Crippen LogP contribution in [0.3, 0.4) is 0 Å². The van der Waals surface area contributed by atoms with Gasteiger partial charge in [-0.15, -0.1) is 0 Å². The van der Waals surface area contributed by atoms with Crippen molar-refractivity contribution in [3.63, 3.8) is 0 Å². The molecule has 1 N–H and O–H groups in total. The number of ether oxygens (including phenoxy) is 1. The minimum absolute atomic E-state index is 0.0440. The summed E-state index contributed by atoms with van der Waals surface area (Å²) in [6.07, 6.45) is 3.36. The number of phenols is 1. The van der Waals surface area contributed by atoms with Crippen LogP contribution in [0, 0.1) is 0 Å². The van der Waals surface area contributed by atoms with Gasteiger partial charge in [0.25, 0.3) is 5.91 Å². The first-order valence-corrected chi connectivity index (χ1v) is 9.31. The quantitative estimate of drug-likeness (QED) is 0.677. The Morgan fingerprint density at radius 1 is 0.966 bits per heavy atom. The molecule has 29 heavy (non-hydrogen) atoms. The van der Waals surface area contributed by atoms with Crippen LogP contribution in [-0.2, 0) is 9.53 Å². The highest BCUT2D eigenvalue weighted by Crippen LogP contribution is 2.29. The fourth-order valence-electron chi connectivity index (χ4n) is 3.33. The number of hydrogen-bond acceptors (Lipinski definition) is 7. The Morgan fingerprint density at radius 3 is 2.45 bits per heavy atom. The summed E-state index contributed by atoms with van der Waals surface area (Å²) in [6.45, 7) is 1.84. The number of aromatic nitrogens is 2. The average Bonchev–Trinajstić information content (AvgIpc) is 2.78. The van der Waals surface area contributed by atoms with Gasteiger partial charge >= 0.3 is 5.97 Å². The Labute approximate surface area is 167 Å². The number of hydrogen-bond donors (Lipinski definition) is 1. The summed E-state index contributed by atoms with van der Waals surface area (Å²) in [7, 11) is 0. The number of piperazine rings is 1. The minimum Gasteiger partial charge on any atom is -0.506 e. The molecule has 0 bridgehead atoms. The van der Waals surface area contributed by atoms with E-state index >= 15 is 0 Å². The lowest BCUT2D eigenvalue weighted by Gasteiger charge is -2.34. The second-order valence-electron chi connectivity index (χ2n) is 6.68. The molecule has 0 atom stereocenters. The molecule has 148 valence electrons. The van der Waals surface area contributed by atoms with Gasteiger partial charge in [0.15, 0.2) is 6.61 Å². The highest BCUT2D eigenvalue weighted by molar-refractivity contribution is 6.01. The lowest BCUT2D eigenvalue weighted by molar-refractivity contribution is -0.134. The fraction of sp³-hybridized carbons (Fsp3) is 0.238. The highest BCUT2D eigenvalue weighted by atomic mass is 16.5. The molecule has 0 unspecified atom stereocenters. The number of carbonyl (C=O) groups excluding carboxylic acids is 2. The first kappa shape index (κ1) is 18.7. The molecule has 0 spiro atoms. The molecule has 0 radical (unpaired) electrons. The van der Waals surface area contributed by atoms with E-state index in [1.807, 2.05) is 17.0 Å². The molecular formula is C21H20N4O4. The second kappa shape index (κ2) is 8.14. The summed E-state index contributed by atoms with van der Waals surface area (Å²) in [5.74, 6) is -0.500. The summed E-state index contributed by atoms with van der Waals surface area (Å²) in [5.41, 5.74) is 0.0440. The van der Waals surface area contributed by atoms with Gasteiger partial charge in [0, 0.05) is 44.0 Å². The third-order valence-corrected chi connectivity index (χ3v) is 4.91. The zero-order valence-corrected chi connectivity index (χ0v) is 15.7. The molecule has 1 aliphatic rings. The molecule has 0 aliphatic carbocycles. The molecule has 2 heterocycles. The van der Waals surface area contributed by atoms with E-state index in [9.17, 15) is 14.7 Å². The van der Waals surface area contributed by atoms with Crippen LogP contribution >= 0.6 is 0 Å². The standard InChI is InChI=1S/C21H20N4O4/c26-18(24-10-12-25(13-11-24)21-22-8-3-9-23-21)14-29-20(28)17-7-6-15-4-1-2-5-16(15)19(17)27/h1-9,27H,10-14H2. The van der Waals surface area contributed by atoms with E-state index in [2.05, 4.69) is 9.97 Å². The first-order valence-electron chi connectivity index (χ1n) is 9.31. The molecule has 1 amide bonds. The van der Waals surface area contributed by atoms with Crippen molar-refractivity contribution in [1.29, 1.82) is 0 Å². The maximum atomic E-state index is 12.4. The summed E-state index contributed by atoms with van der Waals surface area (Å²) in [6, 6.07) is 12.2. The van der Waals surface area contributed by atoms with E-state index in [0.29, 0.717) is 37.5 Å². The number of rotatable bonds is 4. The van der Waals surface area contributed by atoms with Gasteiger partial charge in [-0.25, -0.2) is 14.8 Å². The number of anilines is 1. The van der Waals surface area contributed by atoms with Crippen molar-refractivity contribution in [2.75, 3.05) is 37.7 Å². The zero-order chi connectivity index (χ0) is 20.2. The number of fused-ring (bicyclic) bond motifs is 1. The van der Waals surface area contributed by atoms with Gasteiger partial charge in [0.05, 0.1) is 0 Å². The molecule has 8 nitrogen and oxygen atoms in total. The summed E-state index contributed by atoms with van der Waals surface area (Å²) >= 11 is 0. The van der Waals surface area contributed by atoms with Gasteiger partial charge in [-0.2, -0.15) is 0 Å². The molecular weight excluding hydrogens is 372 g/mol. The Kier molecular flexibility index (Phi) is 5.24. The van der Waals surface area contributed by atoms with Crippen LogP contribution < -0.4 is 4.90 Å². The van der Waals surface area contributed by atoms with Crippen LogP contribution in [0.5, 0.6) is 5.75 Å². The normalized spacial score (nSPS) is 14.1. The maximum absolute atomic E-state index is 12.4. The van der Waals surface area contributed by atoms with Crippen molar-refractivity contribution in [2.24, 2.45) is 0 Å². The van der Waals surface area contributed by atoms with Crippen LogP contribution in [0.1, 0.15) is 10.4 Å². The topological polar surface area (TPSA) is 95.9 Å². The SMILES string of the molecule is O=C(OCC(=O)N1CCN(c2ncccn2)CC1)c1ccc2ccccc2c1O. The first-order chi connectivity index (χ1) is 14.1. The second-order valence-corrected chi connectivity index (χ2v) is 6.68. The number of carbonyl (C=O) groups is 2. The fourth-order valence-corrected chi connectivity index (χ4v) is 3.33. The lowest BCUT2D eigenvalue weighted by Crippen LogP contribution is -2.50. The van der Waals surface area contributed by atoms with Gasteiger partial charge in [-0.3, -0.25) is 4.79 Å². The number of nitrogens with zero attached hydrogens (tertiary/aromatic N) is 4. The Bertz CT molecular complexity index is 1030. The van der Waals surface area contributed by atoms with Gasteiger partial charge in [-0.05, 0) is 17.5 Å². The van der Waals surface area contributed by atoms with E-state index in [-0.39, 0.29) is 23.8 Å². The maximum Gasteiger partial charge on any atom is 0.342 e. The van der Waals surface area contributed by atoms with Crippen LogP contribution in [0.2, 0.25) is 0 Å². The minimum atomic E-state index is -0.724. The van der Waals surface area contributed by atoms with Gasteiger partial charge in [0.2, 0.25) is 5.95 Å². The van der Waals surface area contributed by atoms with Crippen molar-refractivity contribution in [3.05, 3.63) is 60.4 Å². The largest absolute Gasteiger partial charge is 0.506 e. The van der Waals surface area contributed by atoms with Gasteiger partial charge in [-0.1, -0.05) is 30.3 Å². The number of amides is 1. The summed E-state index contributed by atoms with van der Waals surface area (Å²) in [4.78, 5) is 36.8. The molecule has 8 heteroatoms. The Balaban J connectivity index is 1.33. The van der Waals surface area contributed by atoms with Gasteiger partial charge < -0.3 is 19.6 Å². The van der Waals surface area contributed by atoms with Crippen LogP contribution in [-0.4, -0.2) is 64.6 Å². The number of benzene rings is 2. The van der Waals surface area contributed by atoms with E-state index in [1.54, 1.807) is 41.6 Å². The Morgan fingerprint density at radius 2 is 1.69 bits per heavy atom. The van der Waals surface area contributed by atoms with Crippen molar-refractivity contribution in [2.45, 2.75) is 0 Å². The van der Waals surface area contributed by atoms with Crippen molar-refractivity contribution in [1.82, 2.24) is 14.9 Å². The Hall–Kier alpha value is -3.68. The highest BCUT2D eigenvalue weighted by Gasteiger charge is 2.24.